The normalized spacial score (nSPS) is 17.1. The molecule has 1 saturated heterocycles. The minimum Gasteiger partial charge on any atom is -0.497 e. The van der Waals surface area contributed by atoms with Gasteiger partial charge >= 0.3 is 0 Å². The molecular formula is C17H28IN3O3. The Morgan fingerprint density at radius 2 is 2.17 bits per heavy atom. The number of benzene rings is 1. The standard InChI is InChI=1S/C17H27N3O3.HI/c1-3-18-17(20-13-16-8-5-10-22-16)19-9-11-23-15-7-4-6-14(12-15)21-2;/h4,6-7,12,16H,3,5,8-11,13H2,1-2H3,(H2,18,19,20);1H. The predicted octanol–water partition coefficient (Wildman–Crippen LogP) is 2.43. The fraction of sp³-hybridized carbons (Fsp3) is 0.588. The summed E-state index contributed by atoms with van der Waals surface area (Å²) in [6.45, 7) is 5.67. The van der Waals surface area contributed by atoms with E-state index in [2.05, 4.69) is 22.5 Å². The van der Waals surface area contributed by atoms with E-state index in [4.69, 9.17) is 14.2 Å². The first kappa shape index (κ1) is 20.8. The number of rotatable bonds is 8. The zero-order valence-corrected chi connectivity index (χ0v) is 16.7. The fourth-order valence-corrected chi connectivity index (χ4v) is 2.35. The molecule has 2 rings (SSSR count). The summed E-state index contributed by atoms with van der Waals surface area (Å²) in [4.78, 5) is 4.56. The quantitative estimate of drug-likeness (QED) is 0.276. The maximum Gasteiger partial charge on any atom is 0.191 e. The molecule has 1 aromatic rings. The van der Waals surface area contributed by atoms with Crippen LogP contribution in [0.15, 0.2) is 29.3 Å². The molecule has 0 spiro atoms. The average molecular weight is 449 g/mol. The lowest BCUT2D eigenvalue weighted by molar-refractivity contribution is 0.117. The molecule has 1 unspecified atom stereocenters. The van der Waals surface area contributed by atoms with Crippen LogP contribution >= 0.6 is 24.0 Å². The summed E-state index contributed by atoms with van der Waals surface area (Å²) in [6.07, 6.45) is 2.50. The van der Waals surface area contributed by atoms with Crippen molar-refractivity contribution in [2.75, 3.05) is 40.0 Å². The summed E-state index contributed by atoms with van der Waals surface area (Å²) in [5.74, 6) is 2.40. The first-order chi connectivity index (χ1) is 11.3. The van der Waals surface area contributed by atoms with E-state index in [0.717, 1.165) is 43.5 Å². The van der Waals surface area contributed by atoms with Crippen molar-refractivity contribution in [3.05, 3.63) is 24.3 Å². The minimum absolute atomic E-state index is 0. The molecule has 136 valence electrons. The Labute approximate surface area is 161 Å². The SMILES string of the molecule is CCNC(=NCC1CCCO1)NCCOc1cccc(OC)c1.I. The number of methoxy groups -OCH3 is 1. The molecule has 0 aliphatic carbocycles. The Kier molecular flexibility index (Phi) is 10.6. The number of halogens is 1. The van der Waals surface area contributed by atoms with Crippen LogP contribution in [-0.4, -0.2) is 52.0 Å². The Morgan fingerprint density at radius 1 is 1.33 bits per heavy atom. The zero-order chi connectivity index (χ0) is 16.3. The lowest BCUT2D eigenvalue weighted by Crippen LogP contribution is -2.39. The Balaban J connectivity index is 0.00000288. The van der Waals surface area contributed by atoms with Crippen LogP contribution in [0.3, 0.4) is 0 Å². The van der Waals surface area contributed by atoms with Crippen LogP contribution < -0.4 is 20.1 Å². The van der Waals surface area contributed by atoms with Gasteiger partial charge in [-0.15, -0.1) is 24.0 Å². The van der Waals surface area contributed by atoms with E-state index in [9.17, 15) is 0 Å². The highest BCUT2D eigenvalue weighted by atomic mass is 127. The molecule has 0 radical (unpaired) electrons. The maximum absolute atomic E-state index is 5.71. The van der Waals surface area contributed by atoms with Crippen molar-refractivity contribution < 1.29 is 14.2 Å². The molecule has 24 heavy (non-hydrogen) atoms. The van der Waals surface area contributed by atoms with Crippen molar-refractivity contribution in [2.24, 2.45) is 4.99 Å². The smallest absolute Gasteiger partial charge is 0.191 e. The third-order valence-electron chi connectivity index (χ3n) is 3.53. The van der Waals surface area contributed by atoms with Gasteiger partial charge in [0.25, 0.3) is 0 Å². The van der Waals surface area contributed by atoms with E-state index < -0.39 is 0 Å². The van der Waals surface area contributed by atoms with Gasteiger partial charge in [-0.25, -0.2) is 0 Å². The molecule has 0 amide bonds. The Hall–Kier alpha value is -1.22. The minimum atomic E-state index is 0. The molecule has 7 heteroatoms. The van der Waals surface area contributed by atoms with Crippen molar-refractivity contribution in [1.29, 1.82) is 0 Å². The molecule has 1 aliphatic rings. The van der Waals surface area contributed by atoms with Gasteiger partial charge in [-0.1, -0.05) is 6.07 Å². The molecule has 1 aromatic carbocycles. The molecule has 2 N–H and O–H groups in total. The molecule has 1 aliphatic heterocycles. The lowest BCUT2D eigenvalue weighted by atomic mass is 10.2. The summed E-state index contributed by atoms with van der Waals surface area (Å²) in [5.41, 5.74) is 0. The van der Waals surface area contributed by atoms with Gasteiger partial charge in [-0.05, 0) is 31.9 Å². The van der Waals surface area contributed by atoms with Gasteiger partial charge in [-0.3, -0.25) is 4.99 Å². The van der Waals surface area contributed by atoms with Crippen molar-refractivity contribution >= 4 is 29.9 Å². The fourth-order valence-electron chi connectivity index (χ4n) is 2.35. The molecule has 1 atom stereocenters. The number of nitrogens with one attached hydrogen (secondary N) is 2. The van der Waals surface area contributed by atoms with E-state index in [1.807, 2.05) is 24.3 Å². The number of guanidine groups is 1. The van der Waals surface area contributed by atoms with Gasteiger partial charge < -0.3 is 24.8 Å². The van der Waals surface area contributed by atoms with E-state index in [0.29, 0.717) is 19.7 Å². The predicted molar refractivity (Wildman–Crippen MR) is 107 cm³/mol. The first-order valence-electron chi connectivity index (χ1n) is 8.22. The lowest BCUT2D eigenvalue weighted by Gasteiger charge is -2.13. The second-order valence-corrected chi connectivity index (χ2v) is 5.31. The number of aliphatic imine (C=N–C) groups is 1. The average Bonchev–Trinajstić information content (AvgIpc) is 3.10. The van der Waals surface area contributed by atoms with Crippen molar-refractivity contribution in [3.8, 4) is 11.5 Å². The molecular weight excluding hydrogens is 421 g/mol. The second kappa shape index (κ2) is 12.2. The molecule has 0 saturated carbocycles. The van der Waals surface area contributed by atoms with E-state index in [-0.39, 0.29) is 30.1 Å². The van der Waals surface area contributed by atoms with Crippen LogP contribution in [0.4, 0.5) is 0 Å². The Morgan fingerprint density at radius 3 is 2.88 bits per heavy atom. The van der Waals surface area contributed by atoms with Gasteiger partial charge in [0.1, 0.15) is 18.1 Å². The number of ether oxygens (including phenoxy) is 3. The van der Waals surface area contributed by atoms with Crippen molar-refractivity contribution in [1.82, 2.24) is 10.6 Å². The first-order valence-corrected chi connectivity index (χ1v) is 8.22. The monoisotopic (exact) mass is 449 g/mol. The largest absolute Gasteiger partial charge is 0.497 e. The topological polar surface area (TPSA) is 64.1 Å². The van der Waals surface area contributed by atoms with Gasteiger partial charge in [0.05, 0.1) is 26.3 Å². The van der Waals surface area contributed by atoms with Crippen LogP contribution in [0.5, 0.6) is 11.5 Å². The van der Waals surface area contributed by atoms with E-state index in [1.54, 1.807) is 7.11 Å². The Bertz CT molecular complexity index is 494. The highest BCUT2D eigenvalue weighted by Crippen LogP contribution is 2.18. The van der Waals surface area contributed by atoms with Gasteiger partial charge in [0.15, 0.2) is 5.96 Å². The van der Waals surface area contributed by atoms with Gasteiger partial charge in [-0.2, -0.15) is 0 Å². The van der Waals surface area contributed by atoms with E-state index >= 15 is 0 Å². The second-order valence-electron chi connectivity index (χ2n) is 5.31. The highest BCUT2D eigenvalue weighted by Gasteiger charge is 2.14. The van der Waals surface area contributed by atoms with Crippen molar-refractivity contribution in [2.45, 2.75) is 25.9 Å². The maximum atomic E-state index is 5.71. The molecule has 6 nitrogen and oxygen atoms in total. The third-order valence-corrected chi connectivity index (χ3v) is 3.53. The van der Waals surface area contributed by atoms with Crippen LogP contribution in [0.25, 0.3) is 0 Å². The third kappa shape index (κ3) is 7.57. The van der Waals surface area contributed by atoms with Crippen molar-refractivity contribution in [3.63, 3.8) is 0 Å². The molecule has 0 bridgehead atoms. The summed E-state index contributed by atoms with van der Waals surface area (Å²) < 4.78 is 16.5. The summed E-state index contributed by atoms with van der Waals surface area (Å²) in [5, 5.41) is 6.50. The molecule has 1 fully saturated rings. The van der Waals surface area contributed by atoms with Gasteiger partial charge in [0.2, 0.25) is 0 Å². The molecule has 0 aromatic heterocycles. The summed E-state index contributed by atoms with van der Waals surface area (Å²) >= 11 is 0. The number of nitrogens with zero attached hydrogens (tertiary/aromatic N) is 1. The number of hydrogen-bond donors (Lipinski definition) is 2. The summed E-state index contributed by atoms with van der Waals surface area (Å²) in [7, 11) is 1.65. The van der Waals surface area contributed by atoms with Crippen LogP contribution in [-0.2, 0) is 4.74 Å². The number of hydrogen-bond acceptors (Lipinski definition) is 4. The highest BCUT2D eigenvalue weighted by molar-refractivity contribution is 14.0. The van der Waals surface area contributed by atoms with Crippen LogP contribution in [0.1, 0.15) is 19.8 Å². The van der Waals surface area contributed by atoms with Crippen LogP contribution in [0, 0.1) is 0 Å². The summed E-state index contributed by atoms with van der Waals surface area (Å²) in [6, 6.07) is 7.59. The van der Waals surface area contributed by atoms with E-state index in [1.165, 1.54) is 0 Å². The zero-order valence-electron chi connectivity index (χ0n) is 14.4. The molecule has 1 heterocycles. The van der Waals surface area contributed by atoms with Gasteiger partial charge in [0, 0.05) is 19.2 Å². The van der Waals surface area contributed by atoms with Crippen LogP contribution in [0.2, 0.25) is 0 Å².